The van der Waals surface area contributed by atoms with Gasteiger partial charge in [0.25, 0.3) is 5.56 Å². The molecule has 0 aliphatic rings. The van der Waals surface area contributed by atoms with Crippen LogP contribution in [0.4, 0.5) is 0 Å². The second-order valence-corrected chi connectivity index (χ2v) is 11.6. The van der Waals surface area contributed by atoms with Crippen LogP contribution in [0.5, 0.6) is 0 Å². The standard InChI is InChI=1S/C42H30N2O/c1-3-9-27-15-19-29(20-16-27)32-25-37(31-21-17-28(10-4-2)18-22-31)40-38(26-32)44-41(43-40)35-24-23-33(30-11-6-5-7-12-30)34-13-8-14-36(39(34)35)42(44)45/h3-8,11-26H,1-2,9-10H2. The summed E-state index contributed by atoms with van der Waals surface area (Å²) >= 11 is 0. The normalized spacial score (nSPS) is 11.6. The highest BCUT2D eigenvalue weighted by Gasteiger charge is 2.21. The molecular formula is C42H30N2O. The van der Waals surface area contributed by atoms with Crippen LogP contribution < -0.4 is 5.56 Å². The van der Waals surface area contributed by atoms with E-state index >= 15 is 0 Å². The molecule has 0 saturated carbocycles. The van der Waals surface area contributed by atoms with E-state index in [1.165, 1.54) is 11.1 Å². The molecule has 0 aliphatic heterocycles. The van der Waals surface area contributed by atoms with E-state index in [0.717, 1.165) is 73.4 Å². The fourth-order valence-electron chi connectivity index (χ4n) is 6.70. The Balaban J connectivity index is 1.45. The molecule has 0 unspecified atom stereocenters. The molecule has 0 saturated heterocycles. The lowest BCUT2D eigenvalue weighted by molar-refractivity contribution is 1.19. The number of imidazole rings is 1. The SMILES string of the molecule is C=CCc1ccc(-c2cc(-c3ccc(CC=C)cc3)c3nc4c5ccc(-c6ccccc6)c6cccc(c(=O)n4c3c2)c65)cc1. The number of hydrogen-bond acceptors (Lipinski definition) is 2. The zero-order valence-corrected chi connectivity index (χ0v) is 24.8. The largest absolute Gasteiger partial charge is 0.268 e. The Morgan fingerprint density at radius 2 is 1.22 bits per heavy atom. The van der Waals surface area contributed by atoms with Crippen molar-refractivity contribution in [2.75, 3.05) is 0 Å². The van der Waals surface area contributed by atoms with Crippen molar-refractivity contribution in [1.29, 1.82) is 0 Å². The van der Waals surface area contributed by atoms with Crippen molar-refractivity contribution in [2.45, 2.75) is 12.8 Å². The lowest BCUT2D eigenvalue weighted by Gasteiger charge is -2.12. The van der Waals surface area contributed by atoms with Crippen LogP contribution in [0.15, 0.2) is 151 Å². The average Bonchev–Trinajstić information content (AvgIpc) is 3.48. The molecule has 214 valence electrons. The first kappa shape index (κ1) is 26.8. The number of fused-ring (bicyclic) bond motifs is 4. The lowest BCUT2D eigenvalue weighted by atomic mass is 9.94. The van der Waals surface area contributed by atoms with Crippen LogP contribution in [0.25, 0.3) is 71.6 Å². The average molecular weight is 579 g/mol. The predicted molar refractivity (Wildman–Crippen MR) is 189 cm³/mol. The van der Waals surface area contributed by atoms with E-state index in [1.807, 2.05) is 46.9 Å². The van der Waals surface area contributed by atoms with Gasteiger partial charge in [0.05, 0.1) is 11.0 Å². The minimum atomic E-state index is -0.0541. The summed E-state index contributed by atoms with van der Waals surface area (Å²) in [5, 5.41) is 3.68. The quantitative estimate of drug-likeness (QED) is 0.176. The van der Waals surface area contributed by atoms with Crippen LogP contribution in [0.3, 0.4) is 0 Å². The molecule has 8 aromatic rings. The first-order valence-electron chi connectivity index (χ1n) is 15.3. The highest BCUT2D eigenvalue weighted by molar-refractivity contribution is 6.19. The molecule has 3 nitrogen and oxygen atoms in total. The molecule has 0 atom stereocenters. The van der Waals surface area contributed by atoms with Gasteiger partial charge in [-0.15, -0.1) is 13.2 Å². The zero-order valence-electron chi connectivity index (χ0n) is 24.8. The van der Waals surface area contributed by atoms with Crippen molar-refractivity contribution in [1.82, 2.24) is 9.38 Å². The Bertz CT molecular complexity index is 2450. The first-order chi connectivity index (χ1) is 22.1. The number of hydrogen-bond donors (Lipinski definition) is 0. The van der Waals surface area contributed by atoms with Crippen LogP contribution in [0, 0.1) is 0 Å². The van der Waals surface area contributed by atoms with Gasteiger partial charge in [0.15, 0.2) is 0 Å². The van der Waals surface area contributed by atoms with Gasteiger partial charge >= 0.3 is 0 Å². The third-order valence-electron chi connectivity index (χ3n) is 8.87. The van der Waals surface area contributed by atoms with Crippen LogP contribution in [-0.2, 0) is 12.8 Å². The van der Waals surface area contributed by atoms with Gasteiger partial charge in [-0.2, -0.15) is 0 Å². The summed E-state index contributed by atoms with van der Waals surface area (Å²) in [7, 11) is 0. The van der Waals surface area contributed by atoms with Gasteiger partial charge in [-0.3, -0.25) is 9.20 Å². The molecule has 0 spiro atoms. The molecule has 0 bridgehead atoms. The summed E-state index contributed by atoms with van der Waals surface area (Å²) in [6.07, 6.45) is 5.47. The monoisotopic (exact) mass is 578 g/mol. The Kier molecular flexibility index (Phi) is 6.39. The van der Waals surface area contributed by atoms with Crippen molar-refractivity contribution >= 4 is 38.2 Å². The molecule has 0 fully saturated rings. The molecule has 6 aromatic carbocycles. The fraction of sp³-hybridized carbons (Fsp3) is 0.0476. The third-order valence-corrected chi connectivity index (χ3v) is 8.87. The van der Waals surface area contributed by atoms with Crippen LogP contribution in [0.2, 0.25) is 0 Å². The Morgan fingerprint density at radius 1 is 0.578 bits per heavy atom. The van der Waals surface area contributed by atoms with Gasteiger partial charge in [-0.25, -0.2) is 4.98 Å². The van der Waals surface area contributed by atoms with Gasteiger partial charge in [0.1, 0.15) is 5.65 Å². The Labute approximate surface area is 261 Å². The lowest BCUT2D eigenvalue weighted by Crippen LogP contribution is -2.13. The first-order valence-corrected chi connectivity index (χ1v) is 15.3. The predicted octanol–water partition coefficient (Wildman–Crippen LogP) is 10.0. The minimum absolute atomic E-state index is 0.0541. The smallest absolute Gasteiger partial charge is 0.264 e. The third kappa shape index (κ3) is 4.36. The molecule has 45 heavy (non-hydrogen) atoms. The molecule has 0 radical (unpaired) electrons. The maximum Gasteiger partial charge on any atom is 0.264 e. The Morgan fingerprint density at radius 3 is 1.91 bits per heavy atom. The summed E-state index contributed by atoms with van der Waals surface area (Å²) in [6.45, 7) is 7.77. The molecule has 2 aromatic heterocycles. The summed E-state index contributed by atoms with van der Waals surface area (Å²) in [5.74, 6) is 0. The molecule has 3 heteroatoms. The van der Waals surface area contributed by atoms with Crippen LogP contribution in [-0.4, -0.2) is 9.38 Å². The van der Waals surface area contributed by atoms with E-state index in [-0.39, 0.29) is 5.56 Å². The topological polar surface area (TPSA) is 34.4 Å². The van der Waals surface area contributed by atoms with E-state index in [1.54, 1.807) is 0 Å². The van der Waals surface area contributed by atoms with Crippen LogP contribution in [0.1, 0.15) is 11.1 Å². The number of rotatable bonds is 7. The zero-order chi connectivity index (χ0) is 30.5. The molecule has 0 N–H and O–H groups in total. The summed E-state index contributed by atoms with van der Waals surface area (Å²) < 4.78 is 1.82. The molecule has 0 aliphatic carbocycles. The van der Waals surface area contributed by atoms with Gasteiger partial charge in [-0.05, 0) is 81.4 Å². The second kappa shape index (κ2) is 10.7. The molecular weight excluding hydrogens is 548 g/mol. The number of nitrogens with zero attached hydrogens (tertiary/aromatic N) is 2. The number of aromatic nitrogens is 2. The van der Waals surface area contributed by atoms with Crippen molar-refractivity contribution in [3.05, 3.63) is 168 Å². The van der Waals surface area contributed by atoms with Gasteiger partial charge in [0.2, 0.25) is 0 Å². The van der Waals surface area contributed by atoms with Crippen molar-refractivity contribution < 1.29 is 0 Å². The van der Waals surface area contributed by atoms with Gasteiger partial charge in [-0.1, -0.05) is 109 Å². The summed E-state index contributed by atoms with van der Waals surface area (Å²) in [5.41, 5.74) is 11.1. The van der Waals surface area contributed by atoms with E-state index in [9.17, 15) is 4.79 Å². The summed E-state index contributed by atoms with van der Waals surface area (Å²) in [4.78, 5) is 19.7. The molecule has 0 amide bonds. The van der Waals surface area contributed by atoms with Crippen molar-refractivity contribution in [3.63, 3.8) is 0 Å². The number of allylic oxidation sites excluding steroid dienone is 2. The maximum absolute atomic E-state index is 14.5. The fourth-order valence-corrected chi connectivity index (χ4v) is 6.70. The van der Waals surface area contributed by atoms with Crippen molar-refractivity contribution in [3.8, 4) is 33.4 Å². The van der Waals surface area contributed by atoms with Crippen molar-refractivity contribution in [2.24, 2.45) is 0 Å². The second-order valence-electron chi connectivity index (χ2n) is 11.6. The van der Waals surface area contributed by atoms with Gasteiger partial charge < -0.3 is 0 Å². The van der Waals surface area contributed by atoms with E-state index in [2.05, 4.69) is 104 Å². The minimum Gasteiger partial charge on any atom is -0.268 e. The number of benzene rings is 6. The van der Waals surface area contributed by atoms with E-state index in [4.69, 9.17) is 4.98 Å². The van der Waals surface area contributed by atoms with E-state index in [0.29, 0.717) is 11.0 Å². The van der Waals surface area contributed by atoms with E-state index < -0.39 is 0 Å². The highest BCUT2D eigenvalue weighted by Crippen LogP contribution is 2.39. The molecule has 2 heterocycles. The maximum atomic E-state index is 14.5. The molecule has 8 rings (SSSR count). The van der Waals surface area contributed by atoms with Crippen LogP contribution >= 0.6 is 0 Å². The Hall–Kier alpha value is -5.80. The summed E-state index contributed by atoms with van der Waals surface area (Å²) in [6, 6.07) is 42.1. The highest BCUT2D eigenvalue weighted by atomic mass is 16.1. The van der Waals surface area contributed by atoms with Gasteiger partial charge in [0, 0.05) is 21.7 Å². The number of pyridine rings is 1.